The van der Waals surface area contributed by atoms with Gasteiger partial charge in [-0.05, 0) is 42.0 Å². The number of rotatable bonds is 3. The van der Waals surface area contributed by atoms with Crippen LogP contribution in [0.4, 0.5) is 4.39 Å². The number of benzene rings is 2. The van der Waals surface area contributed by atoms with E-state index in [1.54, 1.807) is 24.3 Å². The SMILES string of the molecule is O[C@H](CBr)c1cc(-c2ccc(Cl)cc2)nc2ccc(F)cc12. The second kappa shape index (κ2) is 6.32. The van der Waals surface area contributed by atoms with Crippen LogP contribution < -0.4 is 0 Å². The molecule has 2 aromatic carbocycles. The Labute approximate surface area is 140 Å². The predicted molar refractivity (Wildman–Crippen MR) is 90.9 cm³/mol. The van der Waals surface area contributed by atoms with Crippen LogP contribution in [0.25, 0.3) is 22.2 Å². The Balaban J connectivity index is 2.24. The van der Waals surface area contributed by atoms with Crippen LogP contribution in [0.5, 0.6) is 0 Å². The molecule has 2 nitrogen and oxygen atoms in total. The molecular weight excluding hydrogens is 369 g/mol. The van der Waals surface area contributed by atoms with Crippen molar-refractivity contribution < 1.29 is 9.50 Å². The number of aliphatic hydroxyl groups is 1. The Bertz CT molecular complexity index is 823. The number of aromatic nitrogens is 1. The molecule has 0 aliphatic rings. The summed E-state index contributed by atoms with van der Waals surface area (Å²) in [7, 11) is 0. The minimum absolute atomic E-state index is 0.350. The molecule has 1 N–H and O–H groups in total. The van der Waals surface area contributed by atoms with Gasteiger partial charge in [0, 0.05) is 21.3 Å². The van der Waals surface area contributed by atoms with Crippen LogP contribution >= 0.6 is 27.5 Å². The van der Waals surface area contributed by atoms with Crippen molar-refractivity contribution in [2.24, 2.45) is 0 Å². The summed E-state index contributed by atoms with van der Waals surface area (Å²) in [6, 6.07) is 13.5. The summed E-state index contributed by atoms with van der Waals surface area (Å²) in [4.78, 5) is 4.56. The van der Waals surface area contributed by atoms with Gasteiger partial charge in [-0.15, -0.1) is 0 Å². The third kappa shape index (κ3) is 3.00. The second-order valence-electron chi connectivity index (χ2n) is 4.94. The molecule has 0 fully saturated rings. The highest BCUT2D eigenvalue weighted by molar-refractivity contribution is 9.09. The third-order valence-electron chi connectivity index (χ3n) is 3.45. The predicted octanol–water partition coefficient (Wildman–Crippen LogP) is 5.12. The van der Waals surface area contributed by atoms with Crippen molar-refractivity contribution in [2.45, 2.75) is 6.10 Å². The van der Waals surface area contributed by atoms with E-state index < -0.39 is 6.10 Å². The molecule has 0 aliphatic heterocycles. The van der Waals surface area contributed by atoms with E-state index in [2.05, 4.69) is 20.9 Å². The van der Waals surface area contributed by atoms with Crippen LogP contribution in [0, 0.1) is 5.82 Å². The Morgan fingerprint density at radius 2 is 1.86 bits per heavy atom. The monoisotopic (exact) mass is 379 g/mol. The van der Waals surface area contributed by atoms with Gasteiger partial charge in [0.05, 0.1) is 17.3 Å². The quantitative estimate of drug-likeness (QED) is 0.640. The van der Waals surface area contributed by atoms with Gasteiger partial charge in [-0.2, -0.15) is 0 Å². The van der Waals surface area contributed by atoms with E-state index in [1.165, 1.54) is 12.1 Å². The maximum Gasteiger partial charge on any atom is 0.123 e. The Hall–Kier alpha value is -1.49. The molecule has 3 aromatic rings. The van der Waals surface area contributed by atoms with Crippen LogP contribution in [0.2, 0.25) is 5.02 Å². The summed E-state index contributed by atoms with van der Waals surface area (Å²) < 4.78 is 13.5. The zero-order valence-corrected chi connectivity index (χ0v) is 13.8. The lowest BCUT2D eigenvalue weighted by atomic mass is 10.0. The van der Waals surface area contributed by atoms with Crippen LogP contribution in [0.3, 0.4) is 0 Å². The van der Waals surface area contributed by atoms with Gasteiger partial charge < -0.3 is 5.11 Å². The normalized spacial score (nSPS) is 12.5. The minimum Gasteiger partial charge on any atom is -0.388 e. The number of nitrogens with zero attached hydrogens (tertiary/aromatic N) is 1. The fraction of sp³-hybridized carbons (Fsp3) is 0.118. The first-order chi connectivity index (χ1) is 10.6. The molecule has 3 rings (SSSR count). The van der Waals surface area contributed by atoms with Gasteiger partial charge in [0.2, 0.25) is 0 Å². The molecule has 1 heterocycles. The molecule has 0 saturated carbocycles. The number of pyridine rings is 1. The maximum absolute atomic E-state index is 13.5. The molecule has 0 radical (unpaired) electrons. The molecule has 112 valence electrons. The van der Waals surface area contributed by atoms with Crippen molar-refractivity contribution in [3.63, 3.8) is 0 Å². The summed E-state index contributed by atoms with van der Waals surface area (Å²) >= 11 is 9.17. The zero-order valence-electron chi connectivity index (χ0n) is 11.4. The van der Waals surface area contributed by atoms with E-state index in [4.69, 9.17) is 11.6 Å². The lowest BCUT2D eigenvalue weighted by molar-refractivity contribution is 0.207. The van der Waals surface area contributed by atoms with Crippen molar-refractivity contribution in [3.8, 4) is 11.3 Å². The van der Waals surface area contributed by atoms with E-state index >= 15 is 0 Å². The summed E-state index contributed by atoms with van der Waals surface area (Å²) in [5.74, 6) is -0.350. The van der Waals surface area contributed by atoms with Crippen molar-refractivity contribution in [2.75, 3.05) is 5.33 Å². The highest BCUT2D eigenvalue weighted by Gasteiger charge is 2.14. The van der Waals surface area contributed by atoms with Crippen molar-refractivity contribution in [3.05, 3.63) is 64.9 Å². The fourth-order valence-corrected chi connectivity index (χ4v) is 2.83. The van der Waals surface area contributed by atoms with Crippen LogP contribution in [0.15, 0.2) is 48.5 Å². The molecule has 0 aliphatic carbocycles. The van der Waals surface area contributed by atoms with E-state index in [9.17, 15) is 9.50 Å². The maximum atomic E-state index is 13.5. The summed E-state index contributed by atoms with van der Waals surface area (Å²) in [6.07, 6.45) is -0.738. The number of aliphatic hydroxyl groups excluding tert-OH is 1. The fourth-order valence-electron chi connectivity index (χ4n) is 2.35. The van der Waals surface area contributed by atoms with Crippen LogP contribution in [0.1, 0.15) is 11.7 Å². The lowest BCUT2D eigenvalue weighted by Crippen LogP contribution is -2.02. The van der Waals surface area contributed by atoms with Gasteiger partial charge in [-0.25, -0.2) is 9.37 Å². The van der Waals surface area contributed by atoms with Gasteiger partial charge >= 0.3 is 0 Å². The molecule has 0 unspecified atom stereocenters. The van der Waals surface area contributed by atoms with E-state index in [0.29, 0.717) is 32.5 Å². The molecule has 0 amide bonds. The first-order valence-electron chi connectivity index (χ1n) is 6.68. The van der Waals surface area contributed by atoms with Crippen LogP contribution in [-0.2, 0) is 0 Å². The van der Waals surface area contributed by atoms with E-state index in [1.807, 2.05) is 12.1 Å². The minimum atomic E-state index is -0.738. The molecule has 1 atom stereocenters. The zero-order chi connectivity index (χ0) is 15.7. The van der Waals surface area contributed by atoms with Gasteiger partial charge in [-0.1, -0.05) is 39.7 Å². The summed E-state index contributed by atoms with van der Waals surface area (Å²) in [5, 5.41) is 11.8. The number of hydrogen-bond donors (Lipinski definition) is 1. The average Bonchev–Trinajstić information content (AvgIpc) is 2.54. The van der Waals surface area contributed by atoms with Crippen molar-refractivity contribution in [1.82, 2.24) is 4.98 Å². The summed E-state index contributed by atoms with van der Waals surface area (Å²) in [6.45, 7) is 0. The molecule has 0 saturated heterocycles. The number of fused-ring (bicyclic) bond motifs is 1. The molecule has 1 aromatic heterocycles. The highest BCUT2D eigenvalue weighted by atomic mass is 79.9. The standard InChI is InChI=1S/C17H12BrClFNO/c18-9-17(22)14-8-16(10-1-3-11(19)4-2-10)21-15-6-5-12(20)7-13(14)15/h1-8,17,22H,9H2/t17-/m1/s1. The lowest BCUT2D eigenvalue weighted by Gasteiger charge is -2.13. The van der Waals surface area contributed by atoms with Gasteiger partial charge in [0.15, 0.2) is 0 Å². The topological polar surface area (TPSA) is 33.1 Å². The van der Waals surface area contributed by atoms with Crippen molar-refractivity contribution in [1.29, 1.82) is 0 Å². The molecule has 5 heteroatoms. The highest BCUT2D eigenvalue weighted by Crippen LogP contribution is 2.30. The smallest absolute Gasteiger partial charge is 0.123 e. The number of hydrogen-bond acceptors (Lipinski definition) is 2. The second-order valence-corrected chi connectivity index (χ2v) is 6.02. The Kier molecular flexibility index (Phi) is 4.43. The third-order valence-corrected chi connectivity index (χ3v) is 4.31. The first-order valence-corrected chi connectivity index (χ1v) is 8.18. The molecule has 22 heavy (non-hydrogen) atoms. The van der Waals surface area contributed by atoms with Crippen molar-refractivity contribution >= 4 is 38.4 Å². The summed E-state index contributed by atoms with van der Waals surface area (Å²) in [5.41, 5.74) is 2.89. The number of alkyl halides is 1. The largest absolute Gasteiger partial charge is 0.388 e. The van der Waals surface area contributed by atoms with Gasteiger partial charge in [-0.3, -0.25) is 0 Å². The average molecular weight is 381 g/mol. The molecule has 0 bridgehead atoms. The molecular formula is C17H12BrClFNO. The molecule has 0 spiro atoms. The Morgan fingerprint density at radius 3 is 2.55 bits per heavy atom. The van der Waals surface area contributed by atoms with Gasteiger partial charge in [0.25, 0.3) is 0 Å². The van der Waals surface area contributed by atoms with E-state index in [-0.39, 0.29) is 5.82 Å². The number of halogens is 3. The first kappa shape index (κ1) is 15.4. The Morgan fingerprint density at radius 1 is 1.14 bits per heavy atom. The van der Waals surface area contributed by atoms with E-state index in [0.717, 1.165) is 5.56 Å². The van der Waals surface area contributed by atoms with Gasteiger partial charge in [0.1, 0.15) is 5.82 Å². The van der Waals surface area contributed by atoms with Crippen LogP contribution in [-0.4, -0.2) is 15.4 Å².